The molecule has 0 saturated carbocycles. The van der Waals surface area contributed by atoms with E-state index in [0.29, 0.717) is 29.0 Å². The highest BCUT2D eigenvalue weighted by atomic mass is 79.9. The van der Waals surface area contributed by atoms with Gasteiger partial charge in [0.1, 0.15) is 10.7 Å². The summed E-state index contributed by atoms with van der Waals surface area (Å²) in [5.74, 6) is -0.332. The molecule has 23 heavy (non-hydrogen) atoms. The van der Waals surface area contributed by atoms with Gasteiger partial charge in [-0.2, -0.15) is 5.10 Å². The summed E-state index contributed by atoms with van der Waals surface area (Å²) in [7, 11) is -2.02. The summed E-state index contributed by atoms with van der Waals surface area (Å²) in [5.41, 5.74) is 1.85. The Morgan fingerprint density at radius 1 is 1.35 bits per heavy atom. The van der Waals surface area contributed by atoms with E-state index in [2.05, 4.69) is 21.0 Å². The van der Waals surface area contributed by atoms with E-state index < -0.39 is 10.0 Å². The molecule has 126 valence electrons. The van der Waals surface area contributed by atoms with E-state index in [0.717, 1.165) is 5.56 Å². The molecule has 0 atom stereocenters. The minimum atomic E-state index is -3.56. The van der Waals surface area contributed by atoms with Crippen LogP contribution in [0.15, 0.2) is 27.6 Å². The van der Waals surface area contributed by atoms with Gasteiger partial charge in [0.05, 0.1) is 17.9 Å². The van der Waals surface area contributed by atoms with Crippen LogP contribution in [-0.4, -0.2) is 36.1 Å². The van der Waals surface area contributed by atoms with Crippen molar-refractivity contribution in [3.05, 3.63) is 45.4 Å². The highest BCUT2D eigenvalue weighted by molar-refractivity contribution is 9.10. The fourth-order valence-electron chi connectivity index (χ4n) is 2.34. The van der Waals surface area contributed by atoms with Gasteiger partial charge in [-0.05, 0) is 31.5 Å². The molecule has 0 saturated heterocycles. The van der Waals surface area contributed by atoms with E-state index in [1.807, 2.05) is 0 Å². The van der Waals surface area contributed by atoms with E-state index in [1.165, 1.54) is 16.4 Å². The number of aromatic nitrogens is 2. The van der Waals surface area contributed by atoms with Gasteiger partial charge in [-0.1, -0.05) is 28.9 Å². The topological polar surface area (TPSA) is 55.2 Å². The van der Waals surface area contributed by atoms with Gasteiger partial charge in [-0.15, -0.1) is 0 Å². The molecule has 0 N–H and O–H groups in total. The highest BCUT2D eigenvalue weighted by Gasteiger charge is 2.27. The van der Waals surface area contributed by atoms with Crippen LogP contribution in [0.1, 0.15) is 23.9 Å². The monoisotopic (exact) mass is 403 g/mol. The normalized spacial score (nSPS) is 12.1. The van der Waals surface area contributed by atoms with E-state index in [4.69, 9.17) is 0 Å². The Kier molecular flexibility index (Phi) is 5.27. The Bertz CT molecular complexity index is 833. The first-order valence-electron chi connectivity index (χ1n) is 7.12. The van der Waals surface area contributed by atoms with Crippen molar-refractivity contribution in [3.8, 4) is 0 Å². The first kappa shape index (κ1) is 18.1. The zero-order valence-electron chi connectivity index (χ0n) is 13.5. The molecule has 2 aromatic rings. The average molecular weight is 404 g/mol. The predicted octanol–water partition coefficient (Wildman–Crippen LogP) is 3.09. The van der Waals surface area contributed by atoms with Crippen LogP contribution in [0.5, 0.6) is 0 Å². The van der Waals surface area contributed by atoms with Gasteiger partial charge in [-0.3, -0.25) is 4.68 Å². The number of hydrogen-bond acceptors (Lipinski definition) is 3. The molecule has 0 fully saturated rings. The number of benzene rings is 1. The van der Waals surface area contributed by atoms with E-state index >= 15 is 0 Å². The Morgan fingerprint density at radius 3 is 2.57 bits per heavy atom. The second-order valence-corrected chi connectivity index (χ2v) is 8.15. The first-order chi connectivity index (χ1) is 10.7. The number of nitrogens with zero attached hydrogens (tertiary/aromatic N) is 3. The molecule has 2 rings (SSSR count). The highest BCUT2D eigenvalue weighted by Crippen LogP contribution is 2.25. The fourth-order valence-corrected chi connectivity index (χ4v) is 4.37. The molecule has 0 aliphatic rings. The molecule has 0 bridgehead atoms. The van der Waals surface area contributed by atoms with Gasteiger partial charge in [0.2, 0.25) is 10.0 Å². The van der Waals surface area contributed by atoms with Crippen molar-refractivity contribution in [2.75, 3.05) is 13.6 Å². The molecule has 1 heterocycles. The molecule has 0 radical (unpaired) electrons. The van der Waals surface area contributed by atoms with E-state index in [9.17, 15) is 12.8 Å². The summed E-state index contributed by atoms with van der Waals surface area (Å²) < 4.78 is 41.9. The molecule has 5 nitrogen and oxygen atoms in total. The van der Waals surface area contributed by atoms with Gasteiger partial charge in [0.15, 0.2) is 0 Å². The quantitative estimate of drug-likeness (QED) is 0.770. The van der Waals surface area contributed by atoms with Gasteiger partial charge < -0.3 is 0 Å². The van der Waals surface area contributed by atoms with Gasteiger partial charge in [0, 0.05) is 18.1 Å². The summed E-state index contributed by atoms with van der Waals surface area (Å²) in [4.78, 5) is 0.236. The van der Waals surface area contributed by atoms with E-state index in [-0.39, 0.29) is 10.7 Å². The number of hydrogen-bond donors (Lipinski definition) is 0. The average Bonchev–Trinajstić information content (AvgIpc) is 2.75. The summed E-state index contributed by atoms with van der Waals surface area (Å²) in [6, 6.07) is 4.40. The zero-order chi connectivity index (χ0) is 17.4. The third-order valence-corrected chi connectivity index (χ3v) is 6.69. The lowest BCUT2D eigenvalue weighted by atomic mass is 10.2. The third kappa shape index (κ3) is 3.49. The Hall–Kier alpha value is -1.25. The summed E-state index contributed by atoms with van der Waals surface area (Å²) in [6.45, 7) is 5.93. The van der Waals surface area contributed by atoms with Crippen LogP contribution in [0.4, 0.5) is 4.39 Å². The molecular weight excluding hydrogens is 385 g/mol. The van der Waals surface area contributed by atoms with E-state index in [1.54, 1.807) is 38.6 Å². The minimum absolute atomic E-state index is 0.236. The van der Waals surface area contributed by atoms with Crippen LogP contribution < -0.4 is 0 Å². The standard InChI is InChI=1S/C15H19BrFN3O2S/c1-5-19(4)23(21,22)15-10(2)18-20(11(15)3)9-12-6-7-13(17)8-14(12)16/h6-8H,5,9H2,1-4H3. The van der Waals surface area contributed by atoms with Crippen molar-refractivity contribution in [1.29, 1.82) is 0 Å². The molecule has 1 aromatic heterocycles. The van der Waals surface area contributed by atoms with Crippen molar-refractivity contribution >= 4 is 26.0 Å². The van der Waals surface area contributed by atoms with Gasteiger partial charge in [-0.25, -0.2) is 17.1 Å². The minimum Gasteiger partial charge on any atom is -0.264 e. The van der Waals surface area contributed by atoms with Crippen molar-refractivity contribution in [3.63, 3.8) is 0 Å². The zero-order valence-corrected chi connectivity index (χ0v) is 15.9. The molecule has 0 spiro atoms. The van der Waals surface area contributed by atoms with Crippen LogP contribution >= 0.6 is 15.9 Å². The summed E-state index contributed by atoms with van der Waals surface area (Å²) in [6.07, 6.45) is 0. The van der Waals surface area contributed by atoms with Crippen molar-refractivity contribution < 1.29 is 12.8 Å². The second kappa shape index (κ2) is 6.70. The maximum atomic E-state index is 13.2. The Morgan fingerprint density at radius 2 is 2.00 bits per heavy atom. The number of sulfonamides is 1. The van der Waals surface area contributed by atoms with Crippen LogP contribution in [0, 0.1) is 19.7 Å². The largest absolute Gasteiger partial charge is 0.264 e. The van der Waals surface area contributed by atoms with Crippen LogP contribution in [-0.2, 0) is 16.6 Å². The second-order valence-electron chi connectivity index (χ2n) is 5.31. The molecule has 0 amide bonds. The lowest BCUT2D eigenvalue weighted by molar-refractivity contribution is 0.485. The fraction of sp³-hybridized carbons (Fsp3) is 0.400. The summed E-state index contributed by atoms with van der Waals surface area (Å²) >= 11 is 3.32. The molecule has 0 unspecified atom stereocenters. The number of halogens is 2. The SMILES string of the molecule is CCN(C)S(=O)(=O)c1c(C)nn(Cc2ccc(F)cc2Br)c1C. The lowest BCUT2D eigenvalue weighted by Crippen LogP contribution is -2.27. The van der Waals surface area contributed by atoms with Crippen LogP contribution in [0.3, 0.4) is 0 Å². The number of rotatable bonds is 5. The molecular formula is C15H19BrFN3O2S. The first-order valence-corrected chi connectivity index (χ1v) is 9.36. The van der Waals surface area contributed by atoms with Crippen LogP contribution in [0.25, 0.3) is 0 Å². The van der Waals surface area contributed by atoms with Crippen LogP contribution in [0.2, 0.25) is 0 Å². The third-order valence-electron chi connectivity index (χ3n) is 3.76. The Labute approximate surface area is 144 Å². The Balaban J connectivity index is 2.46. The van der Waals surface area contributed by atoms with Gasteiger partial charge >= 0.3 is 0 Å². The molecule has 8 heteroatoms. The predicted molar refractivity (Wildman–Crippen MR) is 90.4 cm³/mol. The van der Waals surface area contributed by atoms with Crippen molar-refractivity contribution in [2.24, 2.45) is 0 Å². The van der Waals surface area contributed by atoms with Gasteiger partial charge in [0.25, 0.3) is 0 Å². The molecule has 0 aliphatic carbocycles. The molecule has 1 aromatic carbocycles. The summed E-state index contributed by atoms with van der Waals surface area (Å²) in [5, 5.41) is 4.35. The maximum Gasteiger partial charge on any atom is 0.246 e. The maximum absolute atomic E-state index is 13.2. The number of aryl methyl sites for hydroxylation is 1. The van der Waals surface area contributed by atoms with Crippen molar-refractivity contribution in [1.82, 2.24) is 14.1 Å². The van der Waals surface area contributed by atoms with Crippen molar-refractivity contribution in [2.45, 2.75) is 32.2 Å². The lowest BCUT2D eigenvalue weighted by Gasteiger charge is -2.15. The molecule has 0 aliphatic heterocycles. The smallest absolute Gasteiger partial charge is 0.246 e.